The fourth-order valence-electron chi connectivity index (χ4n) is 1.88. The van der Waals surface area contributed by atoms with E-state index in [1.807, 2.05) is 30.3 Å². The van der Waals surface area contributed by atoms with Crippen LogP contribution in [0.25, 0.3) is 0 Å². The van der Waals surface area contributed by atoms with E-state index in [-0.39, 0.29) is 11.7 Å². The number of carbonyl (C=O) groups is 1. The number of hydrogen-bond acceptors (Lipinski definition) is 2. The van der Waals surface area contributed by atoms with Gasteiger partial charge in [0.15, 0.2) is 0 Å². The van der Waals surface area contributed by atoms with Gasteiger partial charge in [0.1, 0.15) is 11.6 Å². The van der Waals surface area contributed by atoms with Gasteiger partial charge >= 0.3 is 0 Å². The van der Waals surface area contributed by atoms with Crippen molar-refractivity contribution < 1.29 is 13.9 Å². The number of amides is 1. The molecule has 0 saturated carbocycles. The number of ether oxygens (including phenoxy) is 1. The lowest BCUT2D eigenvalue weighted by atomic mass is 10.2. The molecule has 0 atom stereocenters. The summed E-state index contributed by atoms with van der Waals surface area (Å²) in [6, 6.07) is 15.7. The Bertz CT molecular complexity index is 572. The lowest BCUT2D eigenvalue weighted by Crippen LogP contribution is -2.23. The molecule has 1 N–H and O–H groups in total. The first-order valence-corrected chi connectivity index (χ1v) is 6.93. The monoisotopic (exact) mass is 287 g/mol. The molecule has 0 bridgehead atoms. The second-order valence-corrected chi connectivity index (χ2v) is 4.67. The summed E-state index contributed by atoms with van der Waals surface area (Å²) in [6.45, 7) is 0.841. The molecule has 21 heavy (non-hydrogen) atoms. The summed E-state index contributed by atoms with van der Waals surface area (Å²) in [4.78, 5) is 11.7. The van der Waals surface area contributed by atoms with Gasteiger partial charge in [0.25, 0.3) is 0 Å². The molecular formula is C17H18FNO2. The molecule has 0 aliphatic rings. The highest BCUT2D eigenvalue weighted by Crippen LogP contribution is 2.09. The SMILES string of the molecule is O=C(CCCOc1ccccc1)NCc1cccc(F)c1. The molecule has 4 heteroatoms. The van der Waals surface area contributed by atoms with E-state index in [0.29, 0.717) is 26.0 Å². The minimum Gasteiger partial charge on any atom is -0.494 e. The molecule has 0 aliphatic carbocycles. The highest BCUT2D eigenvalue weighted by molar-refractivity contribution is 5.75. The summed E-state index contributed by atoms with van der Waals surface area (Å²) in [5.41, 5.74) is 0.754. The van der Waals surface area contributed by atoms with Crippen molar-refractivity contribution in [3.05, 3.63) is 66.0 Å². The van der Waals surface area contributed by atoms with E-state index < -0.39 is 0 Å². The molecule has 110 valence electrons. The second-order valence-electron chi connectivity index (χ2n) is 4.67. The van der Waals surface area contributed by atoms with Crippen LogP contribution in [0.1, 0.15) is 18.4 Å². The molecule has 0 fully saturated rings. The molecule has 0 radical (unpaired) electrons. The minimum absolute atomic E-state index is 0.0593. The summed E-state index contributed by atoms with van der Waals surface area (Å²) in [5.74, 6) is 0.451. The van der Waals surface area contributed by atoms with Crippen LogP contribution in [0.2, 0.25) is 0 Å². The predicted molar refractivity (Wildman–Crippen MR) is 79.4 cm³/mol. The Morgan fingerprint density at radius 2 is 1.90 bits per heavy atom. The first-order valence-electron chi connectivity index (χ1n) is 6.93. The van der Waals surface area contributed by atoms with Gasteiger partial charge < -0.3 is 10.1 Å². The molecule has 0 aromatic heterocycles. The fourth-order valence-corrected chi connectivity index (χ4v) is 1.88. The van der Waals surface area contributed by atoms with Crippen molar-refractivity contribution in [1.82, 2.24) is 5.32 Å². The summed E-state index contributed by atoms with van der Waals surface area (Å²) in [6.07, 6.45) is 1.03. The van der Waals surface area contributed by atoms with E-state index in [2.05, 4.69) is 5.32 Å². The fraction of sp³-hybridized carbons (Fsp3) is 0.235. The molecule has 0 aliphatic heterocycles. The number of nitrogens with one attached hydrogen (secondary N) is 1. The van der Waals surface area contributed by atoms with Gasteiger partial charge in [0, 0.05) is 13.0 Å². The highest BCUT2D eigenvalue weighted by atomic mass is 19.1. The van der Waals surface area contributed by atoms with Crippen LogP contribution in [0.3, 0.4) is 0 Å². The lowest BCUT2D eigenvalue weighted by molar-refractivity contribution is -0.121. The van der Waals surface area contributed by atoms with Crippen molar-refractivity contribution in [2.45, 2.75) is 19.4 Å². The smallest absolute Gasteiger partial charge is 0.220 e. The van der Waals surface area contributed by atoms with Crippen molar-refractivity contribution in [2.24, 2.45) is 0 Å². The third-order valence-corrected chi connectivity index (χ3v) is 2.94. The molecule has 2 rings (SSSR count). The third-order valence-electron chi connectivity index (χ3n) is 2.94. The maximum atomic E-state index is 13.0. The topological polar surface area (TPSA) is 38.3 Å². The minimum atomic E-state index is -0.294. The molecular weight excluding hydrogens is 269 g/mol. The van der Waals surface area contributed by atoms with Gasteiger partial charge in [-0.05, 0) is 36.2 Å². The Hall–Kier alpha value is -2.36. The molecule has 2 aromatic rings. The first-order chi connectivity index (χ1) is 10.2. The molecule has 3 nitrogen and oxygen atoms in total. The highest BCUT2D eigenvalue weighted by Gasteiger charge is 2.02. The Balaban J connectivity index is 1.62. The van der Waals surface area contributed by atoms with Crippen LogP contribution in [-0.4, -0.2) is 12.5 Å². The molecule has 0 saturated heterocycles. The Morgan fingerprint density at radius 1 is 1.10 bits per heavy atom. The van der Waals surface area contributed by atoms with Gasteiger partial charge in [0.2, 0.25) is 5.91 Å². The Morgan fingerprint density at radius 3 is 2.67 bits per heavy atom. The lowest BCUT2D eigenvalue weighted by Gasteiger charge is -2.07. The van der Waals surface area contributed by atoms with E-state index in [1.165, 1.54) is 12.1 Å². The van der Waals surface area contributed by atoms with Crippen LogP contribution in [0.4, 0.5) is 4.39 Å². The number of hydrogen-bond donors (Lipinski definition) is 1. The predicted octanol–water partition coefficient (Wildman–Crippen LogP) is 3.30. The van der Waals surface area contributed by atoms with E-state index in [1.54, 1.807) is 12.1 Å². The number of carbonyl (C=O) groups excluding carboxylic acids is 1. The van der Waals surface area contributed by atoms with E-state index in [4.69, 9.17) is 4.74 Å². The van der Waals surface area contributed by atoms with Crippen molar-refractivity contribution >= 4 is 5.91 Å². The van der Waals surface area contributed by atoms with Crippen LogP contribution >= 0.6 is 0 Å². The number of benzene rings is 2. The Labute approximate surface area is 123 Å². The zero-order valence-electron chi connectivity index (χ0n) is 11.7. The average Bonchev–Trinajstić information content (AvgIpc) is 2.51. The van der Waals surface area contributed by atoms with Crippen LogP contribution in [-0.2, 0) is 11.3 Å². The average molecular weight is 287 g/mol. The van der Waals surface area contributed by atoms with Crippen LogP contribution in [0.15, 0.2) is 54.6 Å². The zero-order valence-corrected chi connectivity index (χ0v) is 11.7. The van der Waals surface area contributed by atoms with Crippen molar-refractivity contribution in [3.8, 4) is 5.75 Å². The zero-order chi connectivity index (χ0) is 14.9. The third kappa shape index (κ3) is 5.65. The molecule has 1 amide bonds. The van der Waals surface area contributed by atoms with Crippen molar-refractivity contribution in [2.75, 3.05) is 6.61 Å². The second kappa shape index (κ2) is 8.04. The first kappa shape index (κ1) is 15.0. The number of halogens is 1. The Kier molecular flexibility index (Phi) is 5.76. The summed E-state index contributed by atoms with van der Waals surface area (Å²) < 4.78 is 18.5. The maximum Gasteiger partial charge on any atom is 0.220 e. The van der Waals surface area contributed by atoms with Crippen molar-refractivity contribution in [1.29, 1.82) is 0 Å². The molecule has 0 unspecified atom stereocenters. The van der Waals surface area contributed by atoms with Gasteiger partial charge in [-0.25, -0.2) is 4.39 Å². The number of rotatable bonds is 7. The van der Waals surface area contributed by atoms with Crippen LogP contribution in [0, 0.1) is 5.82 Å². The molecule has 0 spiro atoms. The van der Waals surface area contributed by atoms with Gasteiger partial charge in [-0.3, -0.25) is 4.79 Å². The van der Waals surface area contributed by atoms with E-state index in [9.17, 15) is 9.18 Å². The standard InChI is InChI=1S/C17H18FNO2/c18-15-7-4-6-14(12-15)13-19-17(20)10-5-11-21-16-8-2-1-3-9-16/h1-4,6-9,12H,5,10-11,13H2,(H,19,20). The summed E-state index contributed by atoms with van der Waals surface area (Å²) in [5, 5.41) is 2.76. The summed E-state index contributed by atoms with van der Waals surface area (Å²) >= 11 is 0. The van der Waals surface area contributed by atoms with Crippen LogP contribution < -0.4 is 10.1 Å². The van der Waals surface area contributed by atoms with Gasteiger partial charge in [-0.2, -0.15) is 0 Å². The number of para-hydroxylation sites is 1. The summed E-state index contributed by atoms with van der Waals surface area (Å²) in [7, 11) is 0. The van der Waals surface area contributed by atoms with Gasteiger partial charge in [0.05, 0.1) is 6.61 Å². The van der Waals surface area contributed by atoms with Gasteiger partial charge in [-0.1, -0.05) is 30.3 Å². The maximum absolute atomic E-state index is 13.0. The van der Waals surface area contributed by atoms with Gasteiger partial charge in [-0.15, -0.1) is 0 Å². The van der Waals surface area contributed by atoms with E-state index >= 15 is 0 Å². The van der Waals surface area contributed by atoms with Crippen LogP contribution in [0.5, 0.6) is 5.75 Å². The van der Waals surface area contributed by atoms with E-state index in [0.717, 1.165) is 11.3 Å². The normalized spacial score (nSPS) is 10.1. The van der Waals surface area contributed by atoms with Crippen molar-refractivity contribution in [3.63, 3.8) is 0 Å². The molecule has 0 heterocycles. The quantitative estimate of drug-likeness (QED) is 0.793. The largest absolute Gasteiger partial charge is 0.494 e. The molecule has 2 aromatic carbocycles.